The number of piperazine rings is 1. The van der Waals surface area contributed by atoms with Gasteiger partial charge in [-0.1, -0.05) is 36.4 Å². The van der Waals surface area contributed by atoms with Crippen molar-refractivity contribution in [2.45, 2.75) is 25.5 Å². The Hall–Kier alpha value is -2.04. The first kappa shape index (κ1) is 17.4. The standard InChI is InChI=1S/C22H28N2O2/c1-25-21-8-4-3-7-19(21)16-23-12-14-24(15-13-23)17-20-11-10-18-6-2-5-9-22(18)26-20/h2-9,20H,10-17H2,1H3. The summed E-state index contributed by atoms with van der Waals surface area (Å²) in [5.74, 6) is 2.07. The molecule has 2 heterocycles. The molecule has 2 aliphatic heterocycles. The van der Waals surface area contributed by atoms with Gasteiger partial charge in [0.1, 0.15) is 17.6 Å². The Labute approximate surface area is 156 Å². The van der Waals surface area contributed by atoms with Gasteiger partial charge in [-0.2, -0.15) is 0 Å². The molecule has 4 rings (SSSR count). The molecule has 26 heavy (non-hydrogen) atoms. The van der Waals surface area contributed by atoms with E-state index in [2.05, 4.69) is 46.2 Å². The SMILES string of the molecule is COc1ccccc1CN1CCN(CC2CCc3ccccc3O2)CC1. The van der Waals surface area contributed by atoms with Crippen molar-refractivity contribution in [3.8, 4) is 11.5 Å². The molecule has 1 fully saturated rings. The van der Waals surface area contributed by atoms with Crippen LogP contribution in [0.2, 0.25) is 0 Å². The number of methoxy groups -OCH3 is 1. The van der Waals surface area contributed by atoms with Crippen molar-refractivity contribution >= 4 is 0 Å². The fourth-order valence-corrected chi connectivity index (χ4v) is 4.00. The van der Waals surface area contributed by atoms with Gasteiger partial charge in [0.2, 0.25) is 0 Å². The highest BCUT2D eigenvalue weighted by Crippen LogP contribution is 2.27. The maximum absolute atomic E-state index is 6.22. The molecule has 0 bridgehead atoms. The van der Waals surface area contributed by atoms with Gasteiger partial charge in [-0.05, 0) is 30.5 Å². The van der Waals surface area contributed by atoms with Crippen LogP contribution in [0.25, 0.3) is 0 Å². The van der Waals surface area contributed by atoms with E-state index in [1.165, 1.54) is 11.1 Å². The van der Waals surface area contributed by atoms with Crippen LogP contribution in [0, 0.1) is 0 Å². The van der Waals surface area contributed by atoms with Gasteiger partial charge in [-0.3, -0.25) is 9.80 Å². The van der Waals surface area contributed by atoms with Crippen LogP contribution in [0.5, 0.6) is 11.5 Å². The lowest BCUT2D eigenvalue weighted by atomic mass is 10.0. The Morgan fingerprint density at radius 3 is 2.54 bits per heavy atom. The molecule has 0 amide bonds. The molecular formula is C22H28N2O2. The van der Waals surface area contributed by atoms with Gasteiger partial charge >= 0.3 is 0 Å². The van der Waals surface area contributed by atoms with Gasteiger partial charge in [0.15, 0.2) is 0 Å². The van der Waals surface area contributed by atoms with E-state index in [-0.39, 0.29) is 0 Å². The van der Waals surface area contributed by atoms with E-state index >= 15 is 0 Å². The second kappa shape index (κ2) is 8.11. The summed E-state index contributed by atoms with van der Waals surface area (Å²) in [6.45, 7) is 6.41. The van der Waals surface area contributed by atoms with Crippen LogP contribution < -0.4 is 9.47 Å². The molecule has 0 spiro atoms. The van der Waals surface area contributed by atoms with Crippen LogP contribution in [-0.4, -0.2) is 55.7 Å². The van der Waals surface area contributed by atoms with Gasteiger partial charge in [-0.15, -0.1) is 0 Å². The Morgan fingerprint density at radius 1 is 0.962 bits per heavy atom. The molecule has 0 saturated carbocycles. The number of benzene rings is 2. The molecule has 2 aliphatic rings. The van der Waals surface area contributed by atoms with Crippen molar-refractivity contribution in [1.82, 2.24) is 9.80 Å². The predicted octanol–water partition coefficient (Wildman–Crippen LogP) is 3.21. The van der Waals surface area contributed by atoms with Crippen molar-refractivity contribution in [2.75, 3.05) is 39.8 Å². The second-order valence-corrected chi connectivity index (χ2v) is 7.27. The molecule has 0 radical (unpaired) electrons. The third kappa shape index (κ3) is 4.02. The normalized spacial score (nSPS) is 21.0. The van der Waals surface area contributed by atoms with Crippen LogP contribution in [-0.2, 0) is 13.0 Å². The highest BCUT2D eigenvalue weighted by molar-refractivity contribution is 5.35. The lowest BCUT2D eigenvalue weighted by Crippen LogP contribution is -2.49. The van der Waals surface area contributed by atoms with E-state index in [9.17, 15) is 0 Å². The number of rotatable bonds is 5. The lowest BCUT2D eigenvalue weighted by molar-refractivity contribution is 0.0719. The molecule has 0 aliphatic carbocycles. The van der Waals surface area contributed by atoms with E-state index in [0.29, 0.717) is 6.10 Å². The molecular weight excluding hydrogens is 324 g/mol. The number of hydrogen-bond donors (Lipinski definition) is 0. The van der Waals surface area contributed by atoms with E-state index in [1.807, 2.05) is 12.1 Å². The third-order valence-corrected chi connectivity index (χ3v) is 5.52. The summed E-state index contributed by atoms with van der Waals surface area (Å²) in [7, 11) is 1.75. The summed E-state index contributed by atoms with van der Waals surface area (Å²) < 4.78 is 11.7. The van der Waals surface area contributed by atoms with E-state index in [1.54, 1.807) is 7.11 Å². The first-order chi connectivity index (χ1) is 12.8. The largest absolute Gasteiger partial charge is 0.496 e. The van der Waals surface area contributed by atoms with Gasteiger partial charge in [-0.25, -0.2) is 0 Å². The highest BCUT2D eigenvalue weighted by Gasteiger charge is 2.24. The van der Waals surface area contributed by atoms with Crippen LogP contribution in [0.3, 0.4) is 0 Å². The Morgan fingerprint density at radius 2 is 1.69 bits per heavy atom. The molecule has 2 aromatic rings. The molecule has 4 heteroatoms. The van der Waals surface area contributed by atoms with Crippen LogP contribution in [0.1, 0.15) is 17.5 Å². The molecule has 1 saturated heterocycles. The van der Waals surface area contributed by atoms with Gasteiger partial charge < -0.3 is 9.47 Å². The monoisotopic (exact) mass is 352 g/mol. The lowest BCUT2D eigenvalue weighted by Gasteiger charge is -2.37. The topological polar surface area (TPSA) is 24.9 Å². The van der Waals surface area contributed by atoms with E-state index < -0.39 is 0 Å². The van der Waals surface area contributed by atoms with E-state index in [0.717, 1.165) is 63.6 Å². The van der Waals surface area contributed by atoms with Crippen molar-refractivity contribution in [1.29, 1.82) is 0 Å². The van der Waals surface area contributed by atoms with Crippen LogP contribution in [0.15, 0.2) is 48.5 Å². The van der Waals surface area contributed by atoms with Crippen LogP contribution >= 0.6 is 0 Å². The fourth-order valence-electron chi connectivity index (χ4n) is 4.00. The summed E-state index contributed by atoms with van der Waals surface area (Å²) in [4.78, 5) is 5.07. The first-order valence-corrected chi connectivity index (χ1v) is 9.63. The Balaban J connectivity index is 1.27. The Bertz CT molecular complexity index is 726. The Kier molecular flexibility index (Phi) is 5.42. The number of nitrogens with zero attached hydrogens (tertiary/aromatic N) is 2. The minimum atomic E-state index is 0.325. The zero-order chi connectivity index (χ0) is 17.8. The maximum Gasteiger partial charge on any atom is 0.123 e. The molecule has 1 atom stereocenters. The first-order valence-electron chi connectivity index (χ1n) is 9.63. The smallest absolute Gasteiger partial charge is 0.123 e. The van der Waals surface area contributed by atoms with Gasteiger partial charge in [0, 0.05) is 44.8 Å². The van der Waals surface area contributed by atoms with Gasteiger partial charge in [0.25, 0.3) is 0 Å². The molecule has 138 valence electrons. The summed E-state index contributed by atoms with van der Waals surface area (Å²) in [5, 5.41) is 0. The summed E-state index contributed by atoms with van der Waals surface area (Å²) in [5.41, 5.74) is 2.63. The van der Waals surface area contributed by atoms with Crippen molar-refractivity contribution in [3.63, 3.8) is 0 Å². The minimum absolute atomic E-state index is 0.325. The number of hydrogen-bond acceptors (Lipinski definition) is 4. The average molecular weight is 352 g/mol. The number of aryl methyl sites for hydroxylation is 1. The van der Waals surface area contributed by atoms with Crippen molar-refractivity contribution in [2.24, 2.45) is 0 Å². The fraction of sp³-hybridized carbons (Fsp3) is 0.455. The zero-order valence-electron chi connectivity index (χ0n) is 15.6. The minimum Gasteiger partial charge on any atom is -0.496 e. The predicted molar refractivity (Wildman–Crippen MR) is 104 cm³/mol. The quantitative estimate of drug-likeness (QED) is 0.825. The van der Waals surface area contributed by atoms with Crippen molar-refractivity contribution in [3.05, 3.63) is 59.7 Å². The average Bonchev–Trinajstić information content (AvgIpc) is 2.70. The summed E-state index contributed by atoms with van der Waals surface area (Å²) >= 11 is 0. The number of fused-ring (bicyclic) bond motifs is 1. The van der Waals surface area contributed by atoms with Crippen molar-refractivity contribution < 1.29 is 9.47 Å². The zero-order valence-corrected chi connectivity index (χ0v) is 15.6. The highest BCUT2D eigenvalue weighted by atomic mass is 16.5. The van der Waals surface area contributed by atoms with E-state index in [4.69, 9.17) is 9.47 Å². The maximum atomic E-state index is 6.22. The summed E-state index contributed by atoms with van der Waals surface area (Å²) in [6.07, 6.45) is 2.58. The number of ether oxygens (including phenoxy) is 2. The van der Waals surface area contributed by atoms with Crippen LogP contribution in [0.4, 0.5) is 0 Å². The third-order valence-electron chi connectivity index (χ3n) is 5.52. The molecule has 0 N–H and O–H groups in total. The molecule has 1 unspecified atom stereocenters. The molecule has 4 nitrogen and oxygen atoms in total. The molecule has 0 aromatic heterocycles. The number of para-hydroxylation sites is 2. The van der Waals surface area contributed by atoms with Gasteiger partial charge in [0.05, 0.1) is 7.11 Å². The molecule has 2 aromatic carbocycles. The second-order valence-electron chi connectivity index (χ2n) is 7.27. The summed E-state index contributed by atoms with van der Waals surface area (Å²) in [6, 6.07) is 16.8.